The first kappa shape index (κ1) is 23.5. The van der Waals surface area contributed by atoms with Crippen molar-refractivity contribution in [1.29, 1.82) is 0 Å². The lowest BCUT2D eigenvalue weighted by molar-refractivity contribution is -0.143. The molecule has 1 atom stereocenters. The van der Waals surface area contributed by atoms with E-state index in [4.69, 9.17) is 0 Å². The summed E-state index contributed by atoms with van der Waals surface area (Å²) in [5.41, 5.74) is -0.0749. The van der Waals surface area contributed by atoms with Gasteiger partial charge in [0.05, 0.1) is 13.1 Å². The molecular weight excluding hydrogens is 476 g/mol. The van der Waals surface area contributed by atoms with Crippen molar-refractivity contribution in [2.24, 2.45) is 4.99 Å². The highest BCUT2D eigenvalue weighted by Crippen LogP contribution is 2.27. The Morgan fingerprint density at radius 1 is 1.38 bits per heavy atom. The van der Waals surface area contributed by atoms with Crippen LogP contribution in [0.2, 0.25) is 0 Å². The summed E-state index contributed by atoms with van der Waals surface area (Å²) in [6.07, 6.45) is -3.45. The van der Waals surface area contributed by atoms with Crippen molar-refractivity contribution in [2.45, 2.75) is 44.8 Å². The third-order valence-corrected chi connectivity index (χ3v) is 5.42. The summed E-state index contributed by atoms with van der Waals surface area (Å²) in [5, 5.41) is 8.53. The number of halogens is 4. The molecule has 150 valence electrons. The molecular formula is C17H28F3IN4S. The summed E-state index contributed by atoms with van der Waals surface area (Å²) >= 11 is 1.71. The average Bonchev–Trinajstić information content (AvgIpc) is 3.15. The molecule has 0 saturated carbocycles. The molecule has 9 heteroatoms. The van der Waals surface area contributed by atoms with Crippen LogP contribution in [0.3, 0.4) is 0 Å². The van der Waals surface area contributed by atoms with Crippen LogP contribution in [-0.2, 0) is 5.41 Å². The first-order valence-electron chi connectivity index (χ1n) is 8.57. The second-order valence-electron chi connectivity index (χ2n) is 7.04. The van der Waals surface area contributed by atoms with Crippen molar-refractivity contribution in [3.63, 3.8) is 0 Å². The number of hydrogen-bond acceptors (Lipinski definition) is 3. The van der Waals surface area contributed by atoms with Crippen molar-refractivity contribution in [3.8, 4) is 0 Å². The van der Waals surface area contributed by atoms with E-state index in [-0.39, 0.29) is 35.4 Å². The molecule has 2 rings (SSSR count). The molecule has 2 heterocycles. The second-order valence-corrected chi connectivity index (χ2v) is 7.98. The minimum atomic E-state index is -4.14. The predicted molar refractivity (Wildman–Crippen MR) is 113 cm³/mol. The van der Waals surface area contributed by atoms with Crippen molar-refractivity contribution in [1.82, 2.24) is 15.5 Å². The number of rotatable bonds is 6. The van der Waals surface area contributed by atoms with Gasteiger partial charge in [-0.2, -0.15) is 13.2 Å². The third-order valence-electron chi connectivity index (χ3n) is 4.18. The van der Waals surface area contributed by atoms with Crippen LogP contribution in [0.4, 0.5) is 13.2 Å². The van der Waals surface area contributed by atoms with Gasteiger partial charge in [-0.05, 0) is 24.8 Å². The number of thiophene rings is 1. The first-order chi connectivity index (χ1) is 11.7. The van der Waals surface area contributed by atoms with Gasteiger partial charge < -0.3 is 10.6 Å². The molecule has 0 aliphatic carbocycles. The smallest absolute Gasteiger partial charge is 0.357 e. The number of nitrogens with one attached hydrogen (secondary N) is 2. The van der Waals surface area contributed by atoms with Gasteiger partial charge in [0.15, 0.2) is 5.96 Å². The fraction of sp³-hybridized carbons (Fsp3) is 0.706. The van der Waals surface area contributed by atoms with E-state index in [0.29, 0.717) is 38.6 Å². The summed E-state index contributed by atoms with van der Waals surface area (Å²) < 4.78 is 37.5. The van der Waals surface area contributed by atoms with Gasteiger partial charge in [-0.1, -0.05) is 19.9 Å². The molecule has 1 fully saturated rings. The van der Waals surface area contributed by atoms with E-state index in [0.717, 1.165) is 0 Å². The van der Waals surface area contributed by atoms with Crippen LogP contribution in [0.1, 0.15) is 32.1 Å². The topological polar surface area (TPSA) is 39.7 Å². The van der Waals surface area contributed by atoms with Crippen molar-refractivity contribution >= 4 is 41.3 Å². The number of likely N-dealkylation sites (tertiary alicyclic amines) is 1. The van der Waals surface area contributed by atoms with Crippen LogP contribution in [-0.4, -0.2) is 55.8 Å². The Morgan fingerprint density at radius 2 is 2.12 bits per heavy atom. The van der Waals surface area contributed by atoms with E-state index in [2.05, 4.69) is 40.9 Å². The predicted octanol–water partition coefficient (Wildman–Crippen LogP) is 3.84. The van der Waals surface area contributed by atoms with Gasteiger partial charge in [-0.15, -0.1) is 35.3 Å². The van der Waals surface area contributed by atoms with Gasteiger partial charge >= 0.3 is 6.18 Å². The largest absolute Gasteiger partial charge is 0.401 e. The van der Waals surface area contributed by atoms with Crippen LogP contribution < -0.4 is 10.6 Å². The number of guanidine groups is 1. The normalized spacial score (nSPS) is 19.3. The molecule has 2 N–H and O–H groups in total. The molecule has 0 bridgehead atoms. The fourth-order valence-corrected chi connectivity index (χ4v) is 3.72. The highest BCUT2D eigenvalue weighted by Gasteiger charge is 2.34. The molecule has 26 heavy (non-hydrogen) atoms. The van der Waals surface area contributed by atoms with Gasteiger partial charge in [0, 0.05) is 36.0 Å². The lowest BCUT2D eigenvalue weighted by atomic mass is 9.92. The second kappa shape index (κ2) is 10.1. The minimum absolute atomic E-state index is 0. The van der Waals surface area contributed by atoms with Crippen molar-refractivity contribution in [2.75, 3.05) is 32.7 Å². The maximum atomic E-state index is 12.5. The van der Waals surface area contributed by atoms with Crippen LogP contribution in [0, 0.1) is 0 Å². The first-order valence-corrected chi connectivity index (χ1v) is 9.45. The van der Waals surface area contributed by atoms with E-state index in [9.17, 15) is 13.2 Å². The van der Waals surface area contributed by atoms with Crippen LogP contribution in [0.25, 0.3) is 0 Å². The number of nitrogens with zero attached hydrogens (tertiary/aromatic N) is 2. The Kier molecular flexibility index (Phi) is 9.14. The number of aliphatic imine (C=N–C) groups is 1. The molecule has 0 radical (unpaired) electrons. The molecule has 1 aliphatic heterocycles. The number of alkyl halides is 3. The SMILES string of the molecule is CCNC(=NCC(C)(C)c1cccs1)NC1CCN(CC(F)(F)F)C1.I. The van der Waals surface area contributed by atoms with Gasteiger partial charge in [0.1, 0.15) is 0 Å². The van der Waals surface area contributed by atoms with Crippen LogP contribution >= 0.6 is 35.3 Å². The highest BCUT2D eigenvalue weighted by atomic mass is 127. The molecule has 1 aromatic heterocycles. The zero-order valence-electron chi connectivity index (χ0n) is 15.4. The van der Waals surface area contributed by atoms with Gasteiger partial charge in [-0.3, -0.25) is 9.89 Å². The molecule has 0 spiro atoms. The maximum absolute atomic E-state index is 12.5. The van der Waals surface area contributed by atoms with E-state index >= 15 is 0 Å². The Bertz CT molecular complexity index is 561. The molecule has 1 aromatic rings. The zero-order valence-corrected chi connectivity index (χ0v) is 18.5. The zero-order chi connectivity index (χ0) is 18.5. The molecule has 0 amide bonds. The molecule has 4 nitrogen and oxygen atoms in total. The maximum Gasteiger partial charge on any atom is 0.401 e. The minimum Gasteiger partial charge on any atom is -0.357 e. The third kappa shape index (κ3) is 7.59. The molecule has 1 saturated heterocycles. The van der Waals surface area contributed by atoms with E-state index < -0.39 is 12.7 Å². The molecule has 0 aromatic carbocycles. The average molecular weight is 504 g/mol. The van der Waals surface area contributed by atoms with E-state index in [1.807, 2.05) is 13.0 Å². The lowest BCUT2D eigenvalue weighted by Gasteiger charge is -2.23. The van der Waals surface area contributed by atoms with Crippen LogP contribution in [0.15, 0.2) is 22.5 Å². The van der Waals surface area contributed by atoms with Gasteiger partial charge in [0.2, 0.25) is 0 Å². The van der Waals surface area contributed by atoms with E-state index in [1.54, 1.807) is 11.3 Å². The summed E-state index contributed by atoms with van der Waals surface area (Å²) in [5.74, 6) is 0.672. The van der Waals surface area contributed by atoms with Gasteiger partial charge in [0.25, 0.3) is 0 Å². The van der Waals surface area contributed by atoms with Crippen molar-refractivity contribution < 1.29 is 13.2 Å². The Labute approximate surface area is 174 Å². The summed E-state index contributed by atoms with van der Waals surface area (Å²) in [6.45, 7) is 7.59. The Morgan fingerprint density at radius 3 is 2.69 bits per heavy atom. The van der Waals surface area contributed by atoms with E-state index in [1.165, 1.54) is 9.78 Å². The summed E-state index contributed by atoms with van der Waals surface area (Å²) in [4.78, 5) is 7.37. The van der Waals surface area contributed by atoms with Crippen LogP contribution in [0.5, 0.6) is 0 Å². The van der Waals surface area contributed by atoms with Gasteiger partial charge in [-0.25, -0.2) is 0 Å². The molecule has 1 unspecified atom stereocenters. The monoisotopic (exact) mass is 504 g/mol. The highest BCUT2D eigenvalue weighted by molar-refractivity contribution is 14.0. The Balaban J connectivity index is 0.00000338. The summed E-state index contributed by atoms with van der Waals surface area (Å²) in [7, 11) is 0. The quantitative estimate of drug-likeness (QED) is 0.352. The lowest BCUT2D eigenvalue weighted by Crippen LogP contribution is -2.45. The van der Waals surface area contributed by atoms with Crippen molar-refractivity contribution in [3.05, 3.63) is 22.4 Å². The standard InChI is InChI=1S/C17H27F3N4S.HI/c1-4-21-15(22-11-16(2,3)14-6-5-9-25-14)23-13-7-8-24(10-13)12-17(18,19)20;/h5-6,9,13H,4,7-8,10-12H2,1-3H3,(H2,21,22,23);1H. The molecule has 1 aliphatic rings. The number of hydrogen-bond donors (Lipinski definition) is 2. The fourth-order valence-electron chi connectivity index (χ4n) is 2.88. The Hall–Kier alpha value is -0.550. The summed E-state index contributed by atoms with van der Waals surface area (Å²) in [6, 6.07) is 4.12.